The van der Waals surface area contributed by atoms with Crippen LogP contribution in [0.4, 0.5) is 5.82 Å². The average Bonchev–Trinajstić information content (AvgIpc) is 2.62. The van der Waals surface area contributed by atoms with Crippen LogP contribution in [0.2, 0.25) is 0 Å². The first-order valence-electron chi connectivity index (χ1n) is 8.16. The summed E-state index contributed by atoms with van der Waals surface area (Å²) in [7, 11) is 3.55. The summed E-state index contributed by atoms with van der Waals surface area (Å²) in [6, 6.07) is 5.81. The molecule has 0 aromatic carbocycles. The number of hydrogen-bond acceptors (Lipinski definition) is 6. The Kier molecular flexibility index (Phi) is 6.97. The molecule has 24 heavy (non-hydrogen) atoms. The quantitative estimate of drug-likeness (QED) is 0.734. The molecule has 0 bridgehead atoms. The number of nitrogens with one attached hydrogen (secondary N) is 2. The summed E-state index contributed by atoms with van der Waals surface area (Å²) in [6.07, 6.45) is 3.94. The molecule has 1 radical (unpaired) electrons. The zero-order valence-electron chi connectivity index (χ0n) is 14.0. The maximum atomic E-state index is 11.9. The van der Waals surface area contributed by atoms with Crippen molar-refractivity contribution >= 4 is 11.7 Å². The normalized spacial score (nSPS) is 16.5. The molecule has 2 heterocycles. The van der Waals surface area contributed by atoms with E-state index < -0.39 is 0 Å². The Labute approximate surface area is 143 Å². The summed E-state index contributed by atoms with van der Waals surface area (Å²) in [5.41, 5.74) is 3.05. The van der Waals surface area contributed by atoms with Crippen LogP contribution >= 0.6 is 0 Å². The van der Waals surface area contributed by atoms with E-state index in [0.29, 0.717) is 24.5 Å². The van der Waals surface area contributed by atoms with Crippen LogP contribution in [-0.4, -0.2) is 36.6 Å². The van der Waals surface area contributed by atoms with Crippen LogP contribution in [0.3, 0.4) is 0 Å². The van der Waals surface area contributed by atoms with Crippen molar-refractivity contribution in [2.75, 3.05) is 24.6 Å². The molecule has 0 spiro atoms. The third-order valence-corrected chi connectivity index (χ3v) is 4.16. The number of pyridine rings is 1. The van der Waals surface area contributed by atoms with Crippen LogP contribution < -0.4 is 15.7 Å². The van der Waals surface area contributed by atoms with Crippen molar-refractivity contribution in [3.05, 3.63) is 30.9 Å². The Bertz CT molecular complexity index is 561. The van der Waals surface area contributed by atoms with Gasteiger partial charge in [-0.3, -0.25) is 9.63 Å². The smallest absolute Gasteiger partial charge is 0.243 e. The number of carbonyl (C=O) groups is 1. The zero-order valence-corrected chi connectivity index (χ0v) is 14.0. The SMILES string of the molecule is [CH2]N[C@@H](C)CONC(=O)CC1CCN(c2ccc(C#N)cn2)CC1. The highest BCUT2D eigenvalue weighted by molar-refractivity contribution is 5.75. The molecule has 129 valence electrons. The van der Waals surface area contributed by atoms with E-state index in [1.165, 1.54) is 0 Å². The lowest BCUT2D eigenvalue weighted by Gasteiger charge is -2.32. The summed E-state index contributed by atoms with van der Waals surface area (Å²) in [5, 5.41) is 11.6. The van der Waals surface area contributed by atoms with Gasteiger partial charge in [-0.1, -0.05) is 0 Å². The number of hydrogen-bond donors (Lipinski definition) is 2. The van der Waals surface area contributed by atoms with Crippen molar-refractivity contribution < 1.29 is 9.63 Å². The fourth-order valence-electron chi connectivity index (χ4n) is 2.62. The molecule has 1 amide bonds. The Balaban J connectivity index is 1.70. The Morgan fingerprint density at radius 3 is 2.88 bits per heavy atom. The van der Waals surface area contributed by atoms with Crippen molar-refractivity contribution in [1.29, 1.82) is 5.26 Å². The number of nitrogens with zero attached hydrogens (tertiary/aromatic N) is 3. The molecule has 1 aromatic rings. The molecule has 1 aromatic heterocycles. The van der Waals surface area contributed by atoms with E-state index in [-0.39, 0.29) is 11.9 Å². The highest BCUT2D eigenvalue weighted by Gasteiger charge is 2.22. The minimum absolute atomic E-state index is 0.0822. The van der Waals surface area contributed by atoms with Crippen molar-refractivity contribution in [2.24, 2.45) is 5.92 Å². The van der Waals surface area contributed by atoms with E-state index in [9.17, 15) is 4.79 Å². The van der Waals surface area contributed by atoms with Crippen LogP contribution in [0.25, 0.3) is 0 Å². The van der Waals surface area contributed by atoms with Gasteiger partial charge < -0.3 is 10.2 Å². The summed E-state index contributed by atoms with van der Waals surface area (Å²) in [4.78, 5) is 23.5. The van der Waals surface area contributed by atoms with Crippen molar-refractivity contribution in [1.82, 2.24) is 15.8 Å². The van der Waals surface area contributed by atoms with Gasteiger partial charge in [0.25, 0.3) is 0 Å². The summed E-state index contributed by atoms with van der Waals surface area (Å²) >= 11 is 0. The first kappa shape index (κ1) is 18.2. The summed E-state index contributed by atoms with van der Waals surface area (Å²) in [5.74, 6) is 1.16. The first-order chi connectivity index (χ1) is 11.6. The lowest BCUT2D eigenvalue weighted by atomic mass is 9.93. The van der Waals surface area contributed by atoms with Gasteiger partial charge in [0.15, 0.2) is 0 Å². The van der Waals surface area contributed by atoms with Gasteiger partial charge in [0.1, 0.15) is 11.9 Å². The number of anilines is 1. The van der Waals surface area contributed by atoms with E-state index >= 15 is 0 Å². The monoisotopic (exact) mass is 330 g/mol. The second-order valence-electron chi connectivity index (χ2n) is 6.09. The Morgan fingerprint density at radius 2 is 2.29 bits per heavy atom. The largest absolute Gasteiger partial charge is 0.357 e. The van der Waals surface area contributed by atoms with E-state index in [1.54, 1.807) is 12.3 Å². The predicted octanol–water partition coefficient (Wildman–Crippen LogP) is 1.38. The molecular formula is C17H24N5O2. The maximum absolute atomic E-state index is 11.9. The highest BCUT2D eigenvalue weighted by atomic mass is 16.7. The fraction of sp³-hybridized carbons (Fsp3) is 0.529. The highest BCUT2D eigenvalue weighted by Crippen LogP contribution is 2.24. The number of piperidine rings is 1. The van der Waals surface area contributed by atoms with Crippen LogP contribution in [0.1, 0.15) is 31.7 Å². The maximum Gasteiger partial charge on any atom is 0.243 e. The number of hydroxylamine groups is 1. The number of amides is 1. The minimum atomic E-state index is -0.0822. The zero-order chi connectivity index (χ0) is 17.4. The van der Waals surface area contributed by atoms with Gasteiger partial charge in [-0.05, 0) is 37.8 Å². The van der Waals surface area contributed by atoms with Crippen molar-refractivity contribution in [3.63, 3.8) is 0 Å². The number of aromatic nitrogens is 1. The van der Waals surface area contributed by atoms with Gasteiger partial charge in [-0.15, -0.1) is 0 Å². The molecule has 1 saturated heterocycles. The van der Waals surface area contributed by atoms with E-state index in [4.69, 9.17) is 10.1 Å². The molecule has 2 rings (SSSR count). The van der Waals surface area contributed by atoms with Gasteiger partial charge in [0, 0.05) is 38.8 Å². The third-order valence-electron chi connectivity index (χ3n) is 4.16. The summed E-state index contributed by atoms with van der Waals surface area (Å²) < 4.78 is 0. The van der Waals surface area contributed by atoms with Gasteiger partial charge in [-0.2, -0.15) is 5.26 Å². The van der Waals surface area contributed by atoms with Gasteiger partial charge in [-0.25, -0.2) is 10.5 Å². The molecule has 7 heteroatoms. The third kappa shape index (κ3) is 5.48. The molecule has 2 N–H and O–H groups in total. The van der Waals surface area contributed by atoms with E-state index in [0.717, 1.165) is 31.7 Å². The minimum Gasteiger partial charge on any atom is -0.357 e. The predicted molar refractivity (Wildman–Crippen MR) is 90.6 cm³/mol. The molecule has 1 aliphatic rings. The average molecular weight is 330 g/mol. The van der Waals surface area contributed by atoms with E-state index in [2.05, 4.69) is 33.8 Å². The first-order valence-corrected chi connectivity index (χ1v) is 8.16. The topological polar surface area (TPSA) is 90.3 Å². The van der Waals surface area contributed by atoms with Crippen molar-refractivity contribution in [3.8, 4) is 6.07 Å². The van der Waals surface area contributed by atoms with Gasteiger partial charge in [0.2, 0.25) is 5.91 Å². The Morgan fingerprint density at radius 1 is 1.54 bits per heavy atom. The number of carbonyl (C=O) groups excluding carboxylic acids is 1. The number of nitriles is 1. The second kappa shape index (κ2) is 9.21. The molecule has 1 atom stereocenters. The lowest BCUT2D eigenvalue weighted by molar-refractivity contribution is -0.135. The van der Waals surface area contributed by atoms with Gasteiger partial charge >= 0.3 is 0 Å². The standard InChI is InChI=1S/C17H24N5O2/c1-13(19-2)12-24-21-17(23)9-14-5-7-22(8-6-14)16-4-3-15(10-18)11-20-16/h3-4,11,13-14,19H,2,5-9,12H2,1H3,(H,21,23)/t13-/m0/s1. The molecule has 7 nitrogen and oxygen atoms in total. The summed E-state index contributed by atoms with van der Waals surface area (Å²) in [6.45, 7) is 4.03. The fourth-order valence-corrected chi connectivity index (χ4v) is 2.62. The molecule has 1 aliphatic heterocycles. The molecule has 0 aliphatic carbocycles. The number of rotatable bonds is 7. The lowest BCUT2D eigenvalue weighted by Crippen LogP contribution is -2.37. The second-order valence-corrected chi connectivity index (χ2v) is 6.09. The van der Waals surface area contributed by atoms with Crippen LogP contribution in [0, 0.1) is 24.3 Å². The van der Waals surface area contributed by atoms with Crippen LogP contribution in [-0.2, 0) is 9.63 Å². The molecule has 0 saturated carbocycles. The molecule has 1 fully saturated rings. The Hall–Kier alpha value is -2.17. The van der Waals surface area contributed by atoms with Gasteiger partial charge in [0.05, 0.1) is 12.2 Å². The molecule has 0 unspecified atom stereocenters. The van der Waals surface area contributed by atoms with Crippen molar-refractivity contribution in [2.45, 2.75) is 32.2 Å². The molecular weight excluding hydrogens is 306 g/mol. The van der Waals surface area contributed by atoms with E-state index in [1.807, 2.05) is 13.0 Å². The van der Waals surface area contributed by atoms with Crippen LogP contribution in [0.15, 0.2) is 18.3 Å². The van der Waals surface area contributed by atoms with Crippen LogP contribution in [0.5, 0.6) is 0 Å².